The van der Waals surface area contributed by atoms with Crippen molar-refractivity contribution in [2.75, 3.05) is 19.8 Å². The monoisotopic (exact) mass is 369 g/mol. The minimum atomic E-state index is -3.56. The lowest BCUT2D eigenvalue weighted by Gasteiger charge is -2.31. The van der Waals surface area contributed by atoms with E-state index in [1.54, 1.807) is 6.07 Å². The average molecular weight is 370 g/mol. The van der Waals surface area contributed by atoms with E-state index in [4.69, 9.17) is 4.74 Å². The van der Waals surface area contributed by atoms with E-state index < -0.39 is 15.6 Å². The van der Waals surface area contributed by atoms with Crippen LogP contribution in [0.4, 0.5) is 0 Å². The summed E-state index contributed by atoms with van der Waals surface area (Å²) in [4.78, 5) is 0. The highest BCUT2D eigenvalue weighted by molar-refractivity contribution is 9.11. The summed E-state index contributed by atoms with van der Waals surface area (Å²) < 4.78 is 32.9. The smallest absolute Gasteiger partial charge is 0.250 e. The van der Waals surface area contributed by atoms with Gasteiger partial charge in [-0.25, -0.2) is 13.1 Å². The van der Waals surface area contributed by atoms with Crippen LogP contribution in [0.3, 0.4) is 0 Å². The summed E-state index contributed by atoms with van der Waals surface area (Å²) in [6.45, 7) is 2.78. The summed E-state index contributed by atoms with van der Waals surface area (Å²) in [5, 5.41) is 10.2. The molecule has 0 saturated carbocycles. The van der Waals surface area contributed by atoms with Crippen molar-refractivity contribution in [3.8, 4) is 0 Å². The number of aliphatic hydroxyl groups is 1. The molecule has 1 aromatic heterocycles. The van der Waals surface area contributed by atoms with Gasteiger partial charge in [-0.2, -0.15) is 0 Å². The van der Waals surface area contributed by atoms with E-state index in [-0.39, 0.29) is 10.8 Å². The molecule has 2 heterocycles. The first-order chi connectivity index (χ1) is 8.82. The zero-order chi connectivity index (χ0) is 14.1. The highest BCUT2D eigenvalue weighted by atomic mass is 79.9. The molecule has 0 radical (unpaired) electrons. The van der Waals surface area contributed by atoms with E-state index in [0.717, 1.165) is 9.35 Å². The van der Waals surface area contributed by atoms with Gasteiger partial charge in [-0.15, -0.1) is 11.3 Å². The molecular weight excluding hydrogens is 354 g/mol. The van der Waals surface area contributed by atoms with Crippen molar-refractivity contribution in [2.45, 2.75) is 29.6 Å². The molecule has 0 aromatic carbocycles. The summed E-state index contributed by atoms with van der Waals surface area (Å²) >= 11 is 4.47. The van der Waals surface area contributed by atoms with Gasteiger partial charge in [0, 0.05) is 32.6 Å². The van der Waals surface area contributed by atoms with Crippen molar-refractivity contribution in [1.82, 2.24) is 4.72 Å². The van der Waals surface area contributed by atoms with Crippen LogP contribution in [0.5, 0.6) is 0 Å². The summed E-state index contributed by atoms with van der Waals surface area (Å²) in [7, 11) is -3.56. The van der Waals surface area contributed by atoms with Crippen LogP contribution >= 0.6 is 27.3 Å². The topological polar surface area (TPSA) is 75.6 Å². The zero-order valence-electron chi connectivity index (χ0n) is 10.5. The van der Waals surface area contributed by atoms with Gasteiger partial charge >= 0.3 is 0 Å². The zero-order valence-corrected chi connectivity index (χ0v) is 13.7. The van der Waals surface area contributed by atoms with Gasteiger partial charge in [0.1, 0.15) is 4.21 Å². The lowest BCUT2D eigenvalue weighted by molar-refractivity contribution is -0.0588. The third-order valence-electron chi connectivity index (χ3n) is 3.11. The number of thiophene rings is 1. The molecule has 0 aliphatic carbocycles. The summed E-state index contributed by atoms with van der Waals surface area (Å²) in [5.41, 5.74) is -0.121. The third kappa shape index (κ3) is 3.77. The summed E-state index contributed by atoms with van der Waals surface area (Å²) in [6.07, 6.45) is 0.894. The van der Waals surface area contributed by atoms with E-state index in [1.165, 1.54) is 11.3 Å². The molecule has 8 heteroatoms. The normalized spacial score (nSPS) is 19.5. The SMILES string of the molecule is Cc1cc(S(=O)(=O)NCC2(O)CCOCC2)sc1Br. The number of sulfonamides is 1. The van der Waals surface area contributed by atoms with Gasteiger partial charge in [0.2, 0.25) is 10.0 Å². The molecule has 0 amide bonds. The van der Waals surface area contributed by atoms with Gasteiger partial charge in [-0.05, 0) is 34.5 Å². The Morgan fingerprint density at radius 2 is 2.16 bits per heavy atom. The van der Waals surface area contributed by atoms with E-state index in [2.05, 4.69) is 20.7 Å². The summed E-state index contributed by atoms with van der Waals surface area (Å²) in [6, 6.07) is 1.62. The molecule has 19 heavy (non-hydrogen) atoms. The fourth-order valence-electron chi connectivity index (χ4n) is 1.79. The lowest BCUT2D eigenvalue weighted by Crippen LogP contribution is -2.46. The lowest BCUT2D eigenvalue weighted by atomic mass is 9.95. The Bertz CT molecular complexity index is 530. The van der Waals surface area contributed by atoms with Gasteiger partial charge in [0.05, 0.1) is 9.39 Å². The van der Waals surface area contributed by atoms with Crippen LogP contribution in [-0.2, 0) is 14.8 Å². The Morgan fingerprint density at radius 3 is 2.68 bits per heavy atom. The molecule has 2 N–H and O–H groups in total. The van der Waals surface area contributed by atoms with Gasteiger partial charge in [-0.1, -0.05) is 0 Å². The second-order valence-corrected chi connectivity index (χ2v) is 9.05. The maximum Gasteiger partial charge on any atom is 0.250 e. The van der Waals surface area contributed by atoms with Gasteiger partial charge in [0.15, 0.2) is 0 Å². The van der Waals surface area contributed by atoms with E-state index >= 15 is 0 Å². The van der Waals surface area contributed by atoms with Crippen LogP contribution in [0, 0.1) is 6.92 Å². The highest BCUT2D eigenvalue weighted by Gasteiger charge is 2.31. The maximum absolute atomic E-state index is 12.1. The Kier molecular flexibility index (Phi) is 4.69. The molecule has 5 nitrogen and oxygen atoms in total. The Labute approximate surface area is 125 Å². The predicted octanol–water partition coefficient (Wildman–Crippen LogP) is 1.64. The molecule has 0 unspecified atom stereocenters. The maximum atomic E-state index is 12.1. The molecule has 0 bridgehead atoms. The van der Waals surface area contributed by atoms with Crippen molar-refractivity contribution in [3.63, 3.8) is 0 Å². The van der Waals surface area contributed by atoms with Crippen LogP contribution in [-0.4, -0.2) is 38.9 Å². The Morgan fingerprint density at radius 1 is 1.53 bits per heavy atom. The number of ether oxygens (including phenoxy) is 1. The van der Waals surface area contributed by atoms with E-state index in [1.807, 2.05) is 6.92 Å². The standard InChI is InChI=1S/C11H16BrNO4S2/c1-8-6-9(18-10(8)12)19(15,16)13-7-11(14)2-4-17-5-3-11/h6,13-14H,2-5,7H2,1H3. The first kappa shape index (κ1) is 15.4. The Balaban J connectivity index is 2.05. The fraction of sp³-hybridized carbons (Fsp3) is 0.636. The minimum absolute atomic E-state index is 0.0211. The number of rotatable bonds is 4. The van der Waals surface area contributed by atoms with E-state index in [9.17, 15) is 13.5 Å². The molecule has 1 saturated heterocycles. The van der Waals surface area contributed by atoms with Gasteiger partial charge < -0.3 is 9.84 Å². The average Bonchev–Trinajstić information content (AvgIpc) is 2.69. The molecule has 1 fully saturated rings. The van der Waals surface area contributed by atoms with Crippen molar-refractivity contribution in [3.05, 3.63) is 15.4 Å². The van der Waals surface area contributed by atoms with Crippen LogP contribution < -0.4 is 4.72 Å². The molecule has 1 aliphatic heterocycles. The number of hydrogen-bond acceptors (Lipinski definition) is 5. The largest absolute Gasteiger partial charge is 0.388 e. The molecule has 1 aliphatic rings. The first-order valence-corrected chi connectivity index (χ1v) is 8.97. The predicted molar refractivity (Wildman–Crippen MR) is 76.9 cm³/mol. The van der Waals surface area contributed by atoms with Crippen molar-refractivity contribution in [1.29, 1.82) is 0 Å². The van der Waals surface area contributed by atoms with Crippen molar-refractivity contribution in [2.24, 2.45) is 0 Å². The first-order valence-electron chi connectivity index (χ1n) is 5.88. The molecule has 1 aromatic rings. The molecule has 2 rings (SSSR count). The summed E-state index contributed by atoms with van der Waals surface area (Å²) in [5.74, 6) is 0. The minimum Gasteiger partial charge on any atom is -0.388 e. The second-order valence-electron chi connectivity index (χ2n) is 4.68. The van der Waals surface area contributed by atoms with Gasteiger partial charge in [0.25, 0.3) is 0 Å². The van der Waals surface area contributed by atoms with Crippen molar-refractivity contribution >= 4 is 37.3 Å². The molecule has 0 atom stereocenters. The van der Waals surface area contributed by atoms with Crippen LogP contribution in [0.2, 0.25) is 0 Å². The number of nitrogens with one attached hydrogen (secondary N) is 1. The number of aryl methyl sites for hydroxylation is 1. The second kappa shape index (κ2) is 5.79. The van der Waals surface area contributed by atoms with Crippen LogP contribution in [0.1, 0.15) is 18.4 Å². The van der Waals surface area contributed by atoms with Gasteiger partial charge in [-0.3, -0.25) is 0 Å². The molecule has 0 spiro atoms. The van der Waals surface area contributed by atoms with Crippen LogP contribution in [0.15, 0.2) is 14.1 Å². The molecule has 108 valence electrons. The third-order valence-corrected chi connectivity index (χ3v) is 7.13. The number of halogens is 1. The number of hydrogen-bond donors (Lipinski definition) is 2. The molecular formula is C11H16BrNO4S2. The van der Waals surface area contributed by atoms with E-state index in [0.29, 0.717) is 26.1 Å². The fourth-order valence-corrected chi connectivity index (χ4v) is 5.18. The van der Waals surface area contributed by atoms with Crippen molar-refractivity contribution < 1.29 is 18.3 Å². The quantitative estimate of drug-likeness (QED) is 0.845. The van der Waals surface area contributed by atoms with Crippen LogP contribution in [0.25, 0.3) is 0 Å². The highest BCUT2D eigenvalue weighted by Crippen LogP contribution is 2.30. The Hall–Kier alpha value is 0.01000.